The minimum Gasteiger partial charge on any atom is -0.472 e. The lowest BCUT2D eigenvalue weighted by Gasteiger charge is -2.37. The zero-order valence-electron chi connectivity index (χ0n) is 21.5. The minimum absolute atomic E-state index is 0.0150. The molecule has 1 aliphatic rings. The van der Waals surface area contributed by atoms with Gasteiger partial charge in [-0.25, -0.2) is 18.4 Å². The number of rotatable bonds is 7. The first kappa shape index (κ1) is 27.6. The van der Waals surface area contributed by atoms with Crippen molar-refractivity contribution >= 4 is 15.9 Å². The van der Waals surface area contributed by atoms with E-state index in [9.17, 15) is 18.3 Å². The SMILES string of the molecule is C[C@@H]1CN([C@@H](C)CO)C(=O)c2cc(C#CCN(C)C)cnc2O[C@H]1CN(C)S(=O)(=O)c1cn(C)cn1. The topological polar surface area (TPSA) is 121 Å². The smallest absolute Gasteiger partial charge is 0.261 e. The van der Waals surface area contributed by atoms with Gasteiger partial charge >= 0.3 is 0 Å². The maximum absolute atomic E-state index is 13.5. The Labute approximate surface area is 212 Å². The Morgan fingerprint density at radius 1 is 1.31 bits per heavy atom. The van der Waals surface area contributed by atoms with Crippen molar-refractivity contribution in [1.29, 1.82) is 0 Å². The third-order valence-corrected chi connectivity index (χ3v) is 7.65. The van der Waals surface area contributed by atoms with E-state index in [1.54, 1.807) is 29.5 Å². The van der Waals surface area contributed by atoms with E-state index in [0.29, 0.717) is 12.1 Å². The van der Waals surface area contributed by atoms with Crippen molar-refractivity contribution < 1.29 is 23.1 Å². The highest BCUT2D eigenvalue weighted by Crippen LogP contribution is 2.28. The van der Waals surface area contributed by atoms with Crippen molar-refractivity contribution in [3.8, 4) is 17.7 Å². The lowest BCUT2D eigenvalue weighted by Crippen LogP contribution is -2.50. The largest absolute Gasteiger partial charge is 0.472 e. The number of carbonyl (C=O) groups is 1. The lowest BCUT2D eigenvalue weighted by atomic mass is 10.0. The Balaban J connectivity index is 1.97. The summed E-state index contributed by atoms with van der Waals surface area (Å²) in [6, 6.07) is 1.18. The molecule has 0 saturated heterocycles. The molecule has 1 aliphatic heterocycles. The van der Waals surface area contributed by atoms with E-state index in [1.807, 2.05) is 25.9 Å². The van der Waals surface area contributed by atoms with Crippen LogP contribution in [0, 0.1) is 17.8 Å². The Hall–Kier alpha value is -2.98. The minimum atomic E-state index is -3.85. The summed E-state index contributed by atoms with van der Waals surface area (Å²) in [4.78, 5) is 25.3. The molecule has 3 heterocycles. The van der Waals surface area contributed by atoms with Crippen LogP contribution in [0.5, 0.6) is 5.88 Å². The van der Waals surface area contributed by atoms with Gasteiger partial charge in [0.1, 0.15) is 11.7 Å². The van der Waals surface area contributed by atoms with E-state index in [1.165, 1.54) is 30.1 Å². The summed E-state index contributed by atoms with van der Waals surface area (Å²) in [5.41, 5.74) is 0.781. The molecule has 0 spiro atoms. The number of aryl methyl sites for hydroxylation is 1. The molecule has 11 nitrogen and oxygen atoms in total. The molecule has 196 valence electrons. The number of amides is 1. The first-order chi connectivity index (χ1) is 16.9. The van der Waals surface area contributed by atoms with Crippen molar-refractivity contribution in [3.05, 3.63) is 35.9 Å². The fourth-order valence-corrected chi connectivity index (χ4v) is 4.86. The van der Waals surface area contributed by atoms with Crippen LogP contribution in [0.25, 0.3) is 0 Å². The first-order valence-electron chi connectivity index (χ1n) is 11.6. The van der Waals surface area contributed by atoms with Crippen LogP contribution in [0.2, 0.25) is 0 Å². The van der Waals surface area contributed by atoms with Crippen LogP contribution in [0.4, 0.5) is 0 Å². The van der Waals surface area contributed by atoms with Crippen molar-refractivity contribution in [1.82, 2.24) is 28.6 Å². The van der Waals surface area contributed by atoms with Gasteiger partial charge in [0.05, 0.1) is 32.1 Å². The number of aliphatic hydroxyl groups excluding tert-OH is 1. The lowest BCUT2D eigenvalue weighted by molar-refractivity contribution is 0.0373. The van der Waals surface area contributed by atoms with Gasteiger partial charge < -0.3 is 19.3 Å². The molecule has 3 rings (SSSR count). The highest BCUT2D eigenvalue weighted by molar-refractivity contribution is 7.89. The summed E-state index contributed by atoms with van der Waals surface area (Å²) in [7, 11) is 3.13. The summed E-state index contributed by atoms with van der Waals surface area (Å²) in [5, 5.41) is 9.75. The number of hydrogen-bond acceptors (Lipinski definition) is 8. The van der Waals surface area contributed by atoms with Crippen LogP contribution in [0.3, 0.4) is 0 Å². The van der Waals surface area contributed by atoms with Gasteiger partial charge in [0.2, 0.25) is 5.88 Å². The molecule has 0 bridgehead atoms. The molecule has 0 aromatic carbocycles. The third kappa shape index (κ3) is 6.22. The van der Waals surface area contributed by atoms with E-state index in [4.69, 9.17) is 4.74 Å². The van der Waals surface area contributed by atoms with E-state index < -0.39 is 22.2 Å². The predicted octanol–water partition coefficient (Wildman–Crippen LogP) is 0.269. The third-order valence-electron chi connectivity index (χ3n) is 5.94. The number of ether oxygens (including phenoxy) is 1. The molecule has 0 aliphatic carbocycles. The van der Waals surface area contributed by atoms with Gasteiger partial charge in [-0.1, -0.05) is 18.8 Å². The first-order valence-corrected chi connectivity index (χ1v) is 13.0. The second-order valence-corrected chi connectivity index (χ2v) is 11.4. The maximum atomic E-state index is 13.5. The Kier molecular flexibility index (Phi) is 8.73. The second kappa shape index (κ2) is 11.4. The quantitative estimate of drug-likeness (QED) is 0.519. The van der Waals surface area contributed by atoms with Gasteiger partial charge in [0.15, 0.2) is 5.03 Å². The Morgan fingerprint density at radius 3 is 2.64 bits per heavy atom. The molecule has 0 fully saturated rings. The number of likely N-dealkylation sites (N-methyl/N-ethyl adjacent to an activating group) is 1. The number of hydrogen-bond donors (Lipinski definition) is 1. The van der Waals surface area contributed by atoms with E-state index in [2.05, 4.69) is 21.8 Å². The maximum Gasteiger partial charge on any atom is 0.261 e. The molecular formula is C24H34N6O5S. The van der Waals surface area contributed by atoms with Crippen LogP contribution in [-0.4, -0.2) is 108 Å². The van der Waals surface area contributed by atoms with Gasteiger partial charge in [-0.2, -0.15) is 4.31 Å². The molecule has 1 amide bonds. The number of aliphatic hydroxyl groups is 1. The molecule has 3 atom stereocenters. The van der Waals surface area contributed by atoms with Crippen molar-refractivity contribution in [2.24, 2.45) is 13.0 Å². The normalized spacial score (nSPS) is 19.2. The number of aromatic nitrogens is 3. The number of imidazole rings is 1. The fourth-order valence-electron chi connectivity index (χ4n) is 3.72. The number of carbonyl (C=O) groups excluding carboxylic acids is 1. The van der Waals surface area contributed by atoms with Gasteiger partial charge in [-0.3, -0.25) is 9.69 Å². The number of fused-ring (bicyclic) bond motifs is 1. The van der Waals surface area contributed by atoms with E-state index in [-0.39, 0.29) is 48.0 Å². The molecule has 2 aromatic heterocycles. The monoisotopic (exact) mass is 518 g/mol. The Morgan fingerprint density at radius 2 is 2.03 bits per heavy atom. The summed E-state index contributed by atoms with van der Waals surface area (Å²) >= 11 is 0. The van der Waals surface area contributed by atoms with Crippen molar-refractivity contribution in [2.45, 2.75) is 31.0 Å². The van der Waals surface area contributed by atoms with Crippen molar-refractivity contribution in [3.63, 3.8) is 0 Å². The molecular weight excluding hydrogens is 484 g/mol. The highest BCUT2D eigenvalue weighted by Gasteiger charge is 2.36. The van der Waals surface area contributed by atoms with Crippen LogP contribution in [0.1, 0.15) is 29.8 Å². The molecule has 2 aromatic rings. The predicted molar refractivity (Wildman–Crippen MR) is 134 cm³/mol. The average molecular weight is 519 g/mol. The van der Waals surface area contributed by atoms with Crippen LogP contribution < -0.4 is 4.74 Å². The molecule has 0 unspecified atom stereocenters. The molecule has 0 radical (unpaired) electrons. The van der Waals surface area contributed by atoms with E-state index in [0.717, 1.165) is 0 Å². The van der Waals surface area contributed by atoms with Gasteiger partial charge in [-0.15, -0.1) is 0 Å². The zero-order chi connectivity index (χ0) is 26.6. The summed E-state index contributed by atoms with van der Waals surface area (Å²) in [5.74, 6) is 5.54. The fraction of sp³-hybridized carbons (Fsp3) is 0.542. The van der Waals surface area contributed by atoms with Gasteiger partial charge in [0, 0.05) is 44.5 Å². The van der Waals surface area contributed by atoms with Crippen LogP contribution >= 0.6 is 0 Å². The van der Waals surface area contributed by atoms with Gasteiger partial charge in [0.25, 0.3) is 15.9 Å². The van der Waals surface area contributed by atoms with E-state index >= 15 is 0 Å². The average Bonchev–Trinajstić information content (AvgIpc) is 3.27. The van der Waals surface area contributed by atoms with Crippen LogP contribution in [0.15, 0.2) is 29.8 Å². The highest BCUT2D eigenvalue weighted by atomic mass is 32.2. The van der Waals surface area contributed by atoms with Crippen LogP contribution in [-0.2, 0) is 17.1 Å². The molecule has 1 N–H and O–H groups in total. The second-order valence-electron chi connectivity index (χ2n) is 9.40. The number of pyridine rings is 1. The summed E-state index contributed by atoms with van der Waals surface area (Å²) in [6.07, 6.45) is 3.78. The summed E-state index contributed by atoms with van der Waals surface area (Å²) < 4.78 is 35.0. The van der Waals surface area contributed by atoms with Gasteiger partial charge in [-0.05, 0) is 27.1 Å². The number of sulfonamides is 1. The Bertz CT molecular complexity index is 1250. The molecule has 12 heteroatoms. The molecule has 0 saturated carbocycles. The number of nitrogens with zero attached hydrogens (tertiary/aromatic N) is 6. The molecule has 36 heavy (non-hydrogen) atoms. The zero-order valence-corrected chi connectivity index (χ0v) is 22.4. The summed E-state index contributed by atoms with van der Waals surface area (Å²) in [6.45, 7) is 4.24. The van der Waals surface area contributed by atoms with Crippen molar-refractivity contribution in [2.75, 3.05) is 47.4 Å². The standard InChI is InChI=1S/C24H34N6O5S/c1-17-12-30(18(2)15-31)24(32)20-10-19(8-7-9-27(3)4)11-25-23(20)35-21(17)13-29(6)36(33,34)22-14-28(5)16-26-22/h10-11,14,16-18,21,31H,9,12-13,15H2,1-6H3/t17-,18+,21+/m1/s1.